The number of nitrogen functional groups attached to an aromatic ring is 3. The predicted octanol–water partition coefficient (Wildman–Crippen LogP) is 19.6. The van der Waals surface area contributed by atoms with E-state index in [0.717, 1.165) is 77.8 Å². The summed E-state index contributed by atoms with van der Waals surface area (Å²) in [7, 11) is 1.12. The number of nitrogens with zero attached hydrogens (tertiary/aromatic N) is 7. The highest BCUT2D eigenvalue weighted by atomic mass is 32.2. The lowest BCUT2D eigenvalue weighted by Crippen LogP contribution is -2.35. The van der Waals surface area contributed by atoms with Crippen molar-refractivity contribution in [1.82, 2.24) is 29.7 Å². The molecule has 2 saturated carbocycles. The van der Waals surface area contributed by atoms with Crippen molar-refractivity contribution in [3.8, 4) is 11.5 Å². The highest BCUT2D eigenvalue weighted by Gasteiger charge is 2.52. The quantitative estimate of drug-likeness (QED) is 0.0259. The lowest BCUT2D eigenvalue weighted by Gasteiger charge is -2.28. The number of pyridine rings is 3. The monoisotopic (exact) mass is 2050 g/mol. The Morgan fingerprint density at radius 1 is 0.500 bits per heavy atom. The van der Waals surface area contributed by atoms with E-state index in [2.05, 4.69) is 51.7 Å². The SMILES string of the molecule is CC(C)=O.CC(C)=O.CC(C)=O.Cc1cc2ccc1[C@@H](C(F)F)COC(=O)Nc1ccc(S(=O)(=O)C3CC3)c(c1)CN(C)C(=O)[C@@H]2Nc1ccc2c(N)nccc2c1.Cc1cc2ccc1[C@@H](C)COC(=O)Nc1cc(F)c(OC[C@H](C)O)c(c1)CN(C)C(=O)[C@@H]2Nc1ccc2c(N)nccc2c1.[C-]#[N+]C1(COc2c(F)cc3cc2CN(C)C(=O)[C@H](Nc2ccc4c(N)nccc4c2)c2ccc(c(C)c2)[C@@H](C)COC(=O)N3)CC1. The fourth-order valence-electron chi connectivity index (χ4n) is 17.0. The number of Topliss-reactive ketones (excluding diaryl/α,β-unsaturated/α-hetero) is 3. The van der Waals surface area contributed by atoms with Gasteiger partial charge in [-0.3, -0.25) is 30.3 Å². The molecule has 0 radical (unpaired) electrons. The molecule has 9 heterocycles. The number of aliphatic hydroxyl groups excluding tert-OH is 1. The lowest BCUT2D eigenvalue weighted by atomic mass is 9.92. The highest BCUT2D eigenvalue weighted by Crippen LogP contribution is 2.44. The molecule has 3 aromatic heterocycles. The standard InChI is InChI=1S/C35H35FN6O4.C33H33F2N5O5S.C33H36FN5O5.3C3H6O/c1-20-13-23-5-7-27(20)21(2)18-45-34(44)41-26-15-24(31(29(36)16-26)46-19-35(38-3)10-11-35)17-42(4)33(43)30(23)40-25-6-8-28-22(14-25)9-12-39-32(28)37;1-18-13-20-3-8-25(18)27(30(34)35)17-45-33(42)39-23-5-10-28(46(43,44)24-6-7-24)21(15-23)16-40(2)32(41)29(20)38-22-4-9-26-19(14-22)11-12-37-31(26)36;1-18-11-22-5-7-26(18)19(2)16-44-33(42)38-25-13-23(30(28(34)14-25)43-17-20(3)40)15-39(4)32(41)29(22)37-24-6-8-27-21(12-24)9-10-36-31(27)35;3*1-3(2)4/h5-9,12-16,21,30,40H,10-11,17-19H2,1-2,4H3,(H2,37,39)(H,41,44);3-5,8-15,24,27,29-30,38H,6-7,16-17H2,1-2H3,(H2,36,37)(H,39,42);5-14,19-20,29,37,40H,15-17H2,1-4H3,(H2,35,36)(H,38,42);3*1-2H3/t21-,30+;27-,29+;19-,20-,29+;;;/m000.../s1. The van der Waals surface area contributed by atoms with Crippen molar-refractivity contribution in [2.45, 2.75) is 192 Å². The molecule has 33 nitrogen and oxygen atoms in total. The number of halogens is 4. The Bertz CT molecular complexity index is 7150. The minimum absolute atomic E-state index is 0.0303. The molecule has 8 aliphatic rings. The molecule has 7 atom stereocenters. The number of aromatic nitrogens is 3. The van der Waals surface area contributed by atoms with E-state index in [-0.39, 0.29) is 126 Å². The van der Waals surface area contributed by atoms with Crippen LogP contribution < -0.4 is 58.6 Å². The number of amides is 6. The molecule has 13 N–H and O–H groups in total. The number of carbonyl (C=O) groups excluding carboxylic acids is 9. The number of alkyl halides is 2. The summed E-state index contributed by atoms with van der Waals surface area (Å²) in [5, 5.41) is 31.9. The number of fused-ring (bicyclic) bond motifs is 30. The zero-order valence-electron chi connectivity index (χ0n) is 84.8. The Balaban J connectivity index is 0.000000186. The zero-order chi connectivity index (χ0) is 108. The van der Waals surface area contributed by atoms with Gasteiger partial charge in [0.05, 0.1) is 35.4 Å². The van der Waals surface area contributed by atoms with E-state index in [0.29, 0.717) is 88.0 Å². The van der Waals surface area contributed by atoms with Gasteiger partial charge in [-0.1, -0.05) is 68.4 Å². The van der Waals surface area contributed by atoms with Gasteiger partial charge in [-0.05, 0) is 257 Å². The van der Waals surface area contributed by atoms with Gasteiger partial charge in [0.2, 0.25) is 24.1 Å². The Morgan fingerprint density at radius 2 is 0.851 bits per heavy atom. The van der Waals surface area contributed by atoms with Crippen molar-refractivity contribution >= 4 is 147 Å². The number of hydrogen-bond donors (Lipinski definition) is 10. The fourth-order valence-corrected chi connectivity index (χ4v) is 18.9. The van der Waals surface area contributed by atoms with Gasteiger partial charge in [-0.15, -0.1) is 0 Å². The number of aliphatic hydroxyl groups is 1. The van der Waals surface area contributed by atoms with E-state index in [1.807, 2.05) is 119 Å². The van der Waals surface area contributed by atoms with Crippen LogP contribution in [0.3, 0.4) is 0 Å². The average Bonchev–Trinajstić information content (AvgIpc) is 1.63. The normalized spacial score (nSPS) is 17.9. The maximum atomic E-state index is 15.6. The summed E-state index contributed by atoms with van der Waals surface area (Å²) in [6, 6.07) is 45.5. The van der Waals surface area contributed by atoms with Gasteiger partial charge in [0.15, 0.2) is 39.6 Å². The Labute approximate surface area is 855 Å². The van der Waals surface area contributed by atoms with Gasteiger partial charge in [0.1, 0.15) is 66.1 Å². The summed E-state index contributed by atoms with van der Waals surface area (Å²) in [5.41, 5.74) is 27.5. The number of ketones is 3. The van der Waals surface area contributed by atoms with Gasteiger partial charge in [0.25, 0.3) is 5.54 Å². The van der Waals surface area contributed by atoms with Gasteiger partial charge in [-0.25, -0.2) is 61.9 Å². The molecule has 6 aliphatic heterocycles. The number of nitrogens with one attached hydrogen (secondary N) is 6. The van der Waals surface area contributed by atoms with E-state index in [1.54, 1.807) is 83.1 Å². The van der Waals surface area contributed by atoms with Crippen LogP contribution in [-0.2, 0) is 72.4 Å². The highest BCUT2D eigenvalue weighted by molar-refractivity contribution is 7.92. The maximum absolute atomic E-state index is 15.6. The van der Waals surface area contributed by atoms with E-state index < -0.39 is 99.6 Å². The van der Waals surface area contributed by atoms with E-state index >= 15 is 8.78 Å². The molecule has 2 fully saturated rings. The van der Waals surface area contributed by atoms with Crippen LogP contribution in [0, 0.1) is 39.0 Å². The van der Waals surface area contributed by atoms with Crippen LogP contribution in [0.2, 0.25) is 0 Å². The first-order valence-electron chi connectivity index (χ1n) is 47.8. The van der Waals surface area contributed by atoms with Crippen molar-refractivity contribution in [2.24, 2.45) is 0 Å². The smallest absolute Gasteiger partial charge is 0.411 e. The van der Waals surface area contributed by atoms with Gasteiger partial charge in [0, 0.05) is 158 Å². The van der Waals surface area contributed by atoms with Crippen LogP contribution in [0.5, 0.6) is 11.5 Å². The lowest BCUT2D eigenvalue weighted by molar-refractivity contribution is -0.132. The number of carbonyl (C=O) groups is 9. The number of benzene rings is 9. The molecule has 9 aromatic carbocycles. The summed E-state index contributed by atoms with van der Waals surface area (Å²) in [6.07, 6.45) is 1.20. The van der Waals surface area contributed by atoms with Gasteiger partial charge >= 0.3 is 18.3 Å². The molecule has 20 rings (SSSR count). The molecule has 12 bridgehead atoms. The summed E-state index contributed by atoms with van der Waals surface area (Å²) >= 11 is 0. The van der Waals surface area contributed by atoms with E-state index in [9.17, 15) is 65.5 Å². The summed E-state index contributed by atoms with van der Waals surface area (Å²) in [5.74, 6) is -2.61. The number of nitrogens with two attached hydrogens (primary N) is 3. The van der Waals surface area contributed by atoms with E-state index in [4.69, 9.17) is 47.5 Å². The summed E-state index contributed by atoms with van der Waals surface area (Å²) in [6.45, 7) is 26.9. The summed E-state index contributed by atoms with van der Waals surface area (Å²) < 4.78 is 114. The molecule has 0 spiro atoms. The fraction of sp³-hybridized carbons (Fsp3) is 0.336. The second-order valence-corrected chi connectivity index (χ2v) is 40.1. The van der Waals surface area contributed by atoms with Gasteiger partial charge < -0.3 is 95.9 Å². The second-order valence-electron chi connectivity index (χ2n) is 37.9. The minimum atomic E-state index is -3.68. The molecule has 778 valence electrons. The molecule has 0 saturated heterocycles. The first-order valence-corrected chi connectivity index (χ1v) is 49.4. The van der Waals surface area contributed by atoms with Crippen LogP contribution in [0.4, 0.5) is 83.5 Å². The van der Waals surface area contributed by atoms with Gasteiger partial charge in [-0.2, -0.15) is 0 Å². The number of aryl methyl sites for hydroxylation is 3. The number of hydrogen-bond acceptors (Lipinski definition) is 26. The number of likely N-dealkylation sites (N-methyl/N-ethyl adjacent to an activating group) is 3. The third-order valence-corrected chi connectivity index (χ3v) is 27.1. The molecule has 2 aliphatic carbocycles. The second kappa shape index (κ2) is 48.8. The van der Waals surface area contributed by atoms with Crippen LogP contribution in [0.25, 0.3) is 37.2 Å². The number of sulfone groups is 1. The molecule has 148 heavy (non-hydrogen) atoms. The van der Waals surface area contributed by atoms with Crippen molar-refractivity contribution < 1.29 is 97.9 Å². The molecule has 38 heteroatoms. The van der Waals surface area contributed by atoms with Crippen LogP contribution in [0.1, 0.15) is 191 Å². The Hall–Kier alpha value is -16.0. The Morgan fingerprint density at radius 3 is 1.20 bits per heavy atom. The molecule has 6 amide bonds. The average molecular weight is 2050 g/mol. The maximum Gasteiger partial charge on any atom is 0.411 e. The minimum Gasteiger partial charge on any atom is -0.487 e. The van der Waals surface area contributed by atoms with Crippen molar-refractivity contribution in [3.63, 3.8) is 0 Å². The van der Waals surface area contributed by atoms with Crippen molar-refractivity contribution in [1.29, 1.82) is 0 Å². The van der Waals surface area contributed by atoms with Crippen LogP contribution in [0.15, 0.2) is 193 Å². The largest absolute Gasteiger partial charge is 0.487 e. The first-order chi connectivity index (χ1) is 70.2. The molecular weight excluding hydrogens is 1930 g/mol. The third-order valence-electron chi connectivity index (χ3n) is 24.7. The van der Waals surface area contributed by atoms with E-state index in [1.165, 1.54) is 93.5 Å². The number of ether oxygens (including phenoxy) is 5. The molecule has 0 unspecified atom stereocenters. The number of anilines is 9. The molecule has 12 aromatic rings. The topological polar surface area (TPSA) is 457 Å². The van der Waals surface area contributed by atoms with Crippen LogP contribution in [-0.4, -0.2) is 174 Å². The Kier molecular flexibility index (Phi) is 36.5. The molecular formula is C110H122F4N16O17S. The van der Waals surface area contributed by atoms with Crippen molar-refractivity contribution in [3.05, 3.63) is 278 Å². The van der Waals surface area contributed by atoms with Crippen molar-refractivity contribution in [2.75, 3.05) is 103 Å². The third kappa shape index (κ3) is 28.8. The van der Waals surface area contributed by atoms with Crippen LogP contribution >= 0.6 is 0 Å². The predicted molar refractivity (Wildman–Crippen MR) is 561 cm³/mol. The number of rotatable bonds is 15. The first kappa shape index (κ1) is 111. The zero-order valence-corrected chi connectivity index (χ0v) is 85.7. The summed E-state index contributed by atoms with van der Waals surface area (Å²) in [4.78, 5) is 130.